The summed E-state index contributed by atoms with van der Waals surface area (Å²) >= 11 is 1.41. The fourth-order valence-corrected chi connectivity index (χ4v) is 4.09. The van der Waals surface area contributed by atoms with Crippen molar-refractivity contribution in [3.8, 4) is 0 Å². The van der Waals surface area contributed by atoms with E-state index in [1.54, 1.807) is 6.92 Å². The highest BCUT2D eigenvalue weighted by Crippen LogP contribution is 2.38. The number of thiophene rings is 1. The number of aryl methyl sites for hydroxylation is 1. The molecule has 1 aromatic heterocycles. The molecule has 2 amide bonds. The first kappa shape index (κ1) is 16.5. The molecule has 1 unspecified atom stereocenters. The largest absolute Gasteiger partial charge is 0.481 e. The van der Waals surface area contributed by atoms with Crippen molar-refractivity contribution in [2.45, 2.75) is 45.4 Å². The van der Waals surface area contributed by atoms with Gasteiger partial charge in [-0.3, -0.25) is 14.4 Å². The molecule has 7 heteroatoms. The van der Waals surface area contributed by atoms with E-state index >= 15 is 0 Å². The number of nitrogens with two attached hydrogens (primary N) is 1. The van der Waals surface area contributed by atoms with Crippen molar-refractivity contribution in [2.75, 3.05) is 5.32 Å². The molecule has 2 rings (SSSR count). The minimum atomic E-state index is -0.926. The average molecular weight is 324 g/mol. The smallest absolute Gasteiger partial charge is 0.303 e. The summed E-state index contributed by atoms with van der Waals surface area (Å²) in [7, 11) is 0. The zero-order chi connectivity index (χ0) is 16.3. The topological polar surface area (TPSA) is 109 Å². The van der Waals surface area contributed by atoms with Gasteiger partial charge >= 0.3 is 5.97 Å². The highest BCUT2D eigenvalue weighted by atomic mass is 32.1. The quantitative estimate of drug-likeness (QED) is 0.745. The van der Waals surface area contributed by atoms with Crippen LogP contribution in [-0.2, 0) is 22.4 Å². The zero-order valence-electron chi connectivity index (χ0n) is 12.5. The number of carboxylic acid groups (broad SMARTS) is 1. The van der Waals surface area contributed by atoms with Crippen molar-refractivity contribution >= 4 is 34.1 Å². The van der Waals surface area contributed by atoms with Gasteiger partial charge in [0.05, 0.1) is 5.56 Å². The number of rotatable bonds is 6. The van der Waals surface area contributed by atoms with Gasteiger partial charge in [-0.2, -0.15) is 0 Å². The van der Waals surface area contributed by atoms with Crippen molar-refractivity contribution in [2.24, 2.45) is 11.7 Å². The number of carbonyl (C=O) groups is 3. The standard InChI is InChI=1S/C15H20N2O4S/c1-8(7-12(19)20)6-11(18)17-15-13(14(16)21)9-4-2-3-5-10(9)22-15/h8H,2-7H2,1H3,(H2,16,21)(H,17,18)(H,19,20). The number of nitrogens with one attached hydrogen (secondary N) is 1. The third-order valence-electron chi connectivity index (χ3n) is 3.73. The Morgan fingerprint density at radius 1 is 1.27 bits per heavy atom. The van der Waals surface area contributed by atoms with Crippen molar-refractivity contribution in [3.63, 3.8) is 0 Å². The summed E-state index contributed by atoms with van der Waals surface area (Å²) in [5, 5.41) is 12.0. The fourth-order valence-electron chi connectivity index (χ4n) is 2.78. The van der Waals surface area contributed by atoms with E-state index in [9.17, 15) is 14.4 Å². The van der Waals surface area contributed by atoms with Gasteiger partial charge in [0.2, 0.25) is 5.91 Å². The molecule has 0 spiro atoms. The minimum Gasteiger partial charge on any atom is -0.481 e. The Hall–Kier alpha value is -1.89. The Morgan fingerprint density at radius 2 is 1.95 bits per heavy atom. The molecule has 1 atom stereocenters. The van der Waals surface area contributed by atoms with E-state index in [-0.39, 0.29) is 24.7 Å². The van der Waals surface area contributed by atoms with E-state index in [0.717, 1.165) is 36.1 Å². The molecule has 1 aliphatic carbocycles. The fraction of sp³-hybridized carbons (Fsp3) is 0.533. The summed E-state index contributed by atoms with van der Waals surface area (Å²) in [6.45, 7) is 1.71. The normalized spacial score (nSPS) is 15.0. The lowest BCUT2D eigenvalue weighted by Gasteiger charge is -2.11. The first-order chi connectivity index (χ1) is 10.4. The van der Waals surface area contributed by atoms with Crippen LogP contribution < -0.4 is 11.1 Å². The van der Waals surface area contributed by atoms with Crippen LogP contribution in [0.15, 0.2) is 0 Å². The summed E-state index contributed by atoms with van der Waals surface area (Å²) in [6, 6.07) is 0. The van der Waals surface area contributed by atoms with E-state index in [1.165, 1.54) is 11.3 Å². The molecule has 1 aliphatic rings. The van der Waals surface area contributed by atoms with E-state index in [0.29, 0.717) is 10.6 Å². The van der Waals surface area contributed by atoms with Crippen LogP contribution in [0.3, 0.4) is 0 Å². The minimum absolute atomic E-state index is 0.0585. The van der Waals surface area contributed by atoms with Gasteiger partial charge in [-0.25, -0.2) is 0 Å². The molecule has 0 aliphatic heterocycles. The zero-order valence-corrected chi connectivity index (χ0v) is 13.3. The van der Waals surface area contributed by atoms with Gasteiger partial charge in [-0.05, 0) is 37.2 Å². The first-order valence-electron chi connectivity index (χ1n) is 7.34. The lowest BCUT2D eigenvalue weighted by Crippen LogP contribution is -2.20. The second kappa shape index (κ2) is 6.91. The number of primary amides is 1. The summed E-state index contributed by atoms with van der Waals surface area (Å²) in [4.78, 5) is 35.5. The van der Waals surface area contributed by atoms with Crippen LogP contribution in [0.2, 0.25) is 0 Å². The highest BCUT2D eigenvalue weighted by molar-refractivity contribution is 7.17. The predicted molar refractivity (Wildman–Crippen MR) is 84.1 cm³/mol. The Kier molecular flexibility index (Phi) is 5.18. The molecule has 1 aromatic rings. The van der Waals surface area contributed by atoms with Gasteiger partial charge in [0.1, 0.15) is 5.00 Å². The van der Waals surface area contributed by atoms with Crippen LogP contribution in [0.4, 0.5) is 5.00 Å². The van der Waals surface area contributed by atoms with Crippen LogP contribution in [0.5, 0.6) is 0 Å². The summed E-state index contributed by atoms with van der Waals surface area (Å²) < 4.78 is 0. The van der Waals surface area contributed by atoms with Gasteiger partial charge in [0.25, 0.3) is 5.91 Å². The van der Waals surface area contributed by atoms with Gasteiger partial charge in [-0.15, -0.1) is 11.3 Å². The SMILES string of the molecule is CC(CC(=O)O)CC(=O)Nc1sc2c(c1C(N)=O)CCCC2. The molecule has 0 radical (unpaired) electrons. The summed E-state index contributed by atoms with van der Waals surface area (Å²) in [6.07, 6.45) is 3.87. The Bertz CT molecular complexity index is 609. The van der Waals surface area contributed by atoms with Crippen LogP contribution in [0.25, 0.3) is 0 Å². The monoisotopic (exact) mass is 324 g/mol. The third kappa shape index (κ3) is 3.85. The van der Waals surface area contributed by atoms with Gasteiger partial charge in [0.15, 0.2) is 0 Å². The molecular formula is C15H20N2O4S. The number of fused-ring (bicyclic) bond motifs is 1. The molecule has 0 bridgehead atoms. The molecule has 120 valence electrons. The Morgan fingerprint density at radius 3 is 2.59 bits per heavy atom. The molecule has 1 heterocycles. The number of anilines is 1. The lowest BCUT2D eigenvalue weighted by molar-refractivity contribution is -0.138. The predicted octanol–water partition coefficient (Wildman–Crippen LogP) is 2.17. The molecular weight excluding hydrogens is 304 g/mol. The Labute approximate surface area is 132 Å². The van der Waals surface area contributed by atoms with E-state index in [2.05, 4.69) is 5.32 Å². The number of aliphatic carboxylic acids is 1. The Balaban J connectivity index is 2.12. The maximum Gasteiger partial charge on any atom is 0.303 e. The number of hydrogen-bond acceptors (Lipinski definition) is 4. The molecule has 0 aromatic carbocycles. The van der Waals surface area contributed by atoms with Crippen molar-refractivity contribution in [1.29, 1.82) is 0 Å². The average Bonchev–Trinajstić information content (AvgIpc) is 2.74. The number of carboxylic acids is 1. The van der Waals surface area contributed by atoms with E-state index < -0.39 is 11.9 Å². The number of carbonyl (C=O) groups excluding carboxylic acids is 2. The maximum absolute atomic E-state index is 12.0. The molecule has 22 heavy (non-hydrogen) atoms. The highest BCUT2D eigenvalue weighted by Gasteiger charge is 2.25. The van der Waals surface area contributed by atoms with Crippen molar-refractivity contribution in [1.82, 2.24) is 0 Å². The van der Waals surface area contributed by atoms with Crippen LogP contribution in [-0.4, -0.2) is 22.9 Å². The van der Waals surface area contributed by atoms with E-state index in [4.69, 9.17) is 10.8 Å². The van der Waals surface area contributed by atoms with Gasteiger partial charge < -0.3 is 16.2 Å². The molecule has 4 N–H and O–H groups in total. The molecule has 0 saturated heterocycles. The van der Waals surface area contributed by atoms with Crippen LogP contribution >= 0.6 is 11.3 Å². The van der Waals surface area contributed by atoms with E-state index in [1.807, 2.05) is 0 Å². The van der Waals surface area contributed by atoms with Gasteiger partial charge in [-0.1, -0.05) is 6.92 Å². The molecule has 0 saturated carbocycles. The van der Waals surface area contributed by atoms with Crippen LogP contribution in [0.1, 0.15) is 53.4 Å². The van der Waals surface area contributed by atoms with Gasteiger partial charge in [0, 0.05) is 17.7 Å². The molecule has 0 fully saturated rings. The first-order valence-corrected chi connectivity index (χ1v) is 8.16. The summed E-state index contributed by atoms with van der Waals surface area (Å²) in [5.41, 5.74) is 6.86. The van der Waals surface area contributed by atoms with Crippen molar-refractivity contribution < 1.29 is 19.5 Å². The van der Waals surface area contributed by atoms with Crippen molar-refractivity contribution in [3.05, 3.63) is 16.0 Å². The second-order valence-corrected chi connectivity index (χ2v) is 6.84. The second-order valence-electron chi connectivity index (χ2n) is 5.73. The maximum atomic E-state index is 12.0. The lowest BCUT2D eigenvalue weighted by atomic mass is 9.95. The number of amides is 2. The third-order valence-corrected chi connectivity index (χ3v) is 4.93. The van der Waals surface area contributed by atoms with Crippen LogP contribution in [0, 0.1) is 5.92 Å². The molecule has 6 nitrogen and oxygen atoms in total. The summed E-state index contributed by atoms with van der Waals surface area (Å²) in [5.74, 6) is -1.99. The number of hydrogen-bond donors (Lipinski definition) is 3.